The maximum Gasteiger partial charge on any atom is 0.275 e. The topological polar surface area (TPSA) is 80.9 Å². The van der Waals surface area contributed by atoms with E-state index in [-0.39, 0.29) is 5.91 Å². The highest BCUT2D eigenvalue weighted by Crippen LogP contribution is 2.23. The number of carbonyl (C=O) groups excluding carboxylic acids is 1. The Kier molecular flexibility index (Phi) is 3.01. The summed E-state index contributed by atoms with van der Waals surface area (Å²) in [6, 6.07) is 10.8. The van der Waals surface area contributed by atoms with Crippen molar-refractivity contribution in [1.82, 2.24) is 9.97 Å². The van der Waals surface area contributed by atoms with Crippen molar-refractivity contribution in [1.29, 1.82) is 0 Å². The van der Waals surface area contributed by atoms with Crippen LogP contribution in [0.2, 0.25) is 0 Å². The molecule has 5 nitrogen and oxygen atoms in total. The predicted molar refractivity (Wildman–Crippen MR) is 78.3 cm³/mol. The van der Waals surface area contributed by atoms with E-state index < -0.39 is 0 Å². The number of fused-ring (bicyclic) bond motifs is 1. The number of nitrogens with one attached hydrogen (secondary N) is 1. The van der Waals surface area contributed by atoms with Crippen LogP contribution in [0.15, 0.2) is 55.0 Å². The van der Waals surface area contributed by atoms with Crippen molar-refractivity contribution < 1.29 is 4.79 Å². The van der Waals surface area contributed by atoms with Gasteiger partial charge in [-0.3, -0.25) is 14.8 Å². The maximum absolute atomic E-state index is 12.3. The zero-order valence-electron chi connectivity index (χ0n) is 10.6. The Balaban J connectivity index is 2.04. The van der Waals surface area contributed by atoms with Gasteiger partial charge in [0.2, 0.25) is 0 Å². The summed E-state index contributed by atoms with van der Waals surface area (Å²) in [7, 11) is 0. The van der Waals surface area contributed by atoms with Gasteiger partial charge >= 0.3 is 0 Å². The molecule has 2 aromatic heterocycles. The molecule has 0 atom stereocenters. The Hall–Kier alpha value is -2.95. The molecule has 20 heavy (non-hydrogen) atoms. The molecule has 5 heteroatoms. The monoisotopic (exact) mass is 264 g/mol. The molecule has 0 saturated heterocycles. The standard InChI is InChI=1S/C15H12N4O/c16-12-5-1-3-10-6-8-18-14(13(10)12)15(20)19-11-4-2-7-17-9-11/h1-9H,16H2,(H,19,20). The lowest BCUT2D eigenvalue weighted by Gasteiger charge is -2.08. The number of amides is 1. The fourth-order valence-electron chi connectivity index (χ4n) is 2.06. The number of nitrogen functional groups attached to an aromatic ring is 1. The lowest BCUT2D eigenvalue weighted by Crippen LogP contribution is -2.14. The summed E-state index contributed by atoms with van der Waals surface area (Å²) in [6.07, 6.45) is 4.82. The summed E-state index contributed by atoms with van der Waals surface area (Å²) >= 11 is 0. The summed E-state index contributed by atoms with van der Waals surface area (Å²) in [4.78, 5) is 20.4. The zero-order chi connectivity index (χ0) is 13.9. The molecule has 0 unspecified atom stereocenters. The predicted octanol–water partition coefficient (Wildman–Crippen LogP) is 2.46. The number of pyridine rings is 2. The third kappa shape index (κ3) is 2.16. The number of carbonyl (C=O) groups is 1. The minimum absolute atomic E-state index is 0.304. The Labute approximate surface area is 115 Å². The first-order valence-electron chi connectivity index (χ1n) is 6.10. The van der Waals surface area contributed by atoms with Crippen molar-refractivity contribution in [2.45, 2.75) is 0 Å². The van der Waals surface area contributed by atoms with Gasteiger partial charge in [-0.25, -0.2) is 0 Å². The van der Waals surface area contributed by atoms with Crippen LogP contribution in [0.1, 0.15) is 10.5 Å². The first-order valence-corrected chi connectivity index (χ1v) is 6.10. The lowest BCUT2D eigenvalue weighted by molar-refractivity contribution is 0.102. The van der Waals surface area contributed by atoms with Crippen LogP contribution in [-0.2, 0) is 0 Å². The smallest absolute Gasteiger partial charge is 0.275 e. The lowest BCUT2D eigenvalue weighted by atomic mass is 10.1. The molecule has 98 valence electrons. The van der Waals surface area contributed by atoms with Crippen LogP contribution < -0.4 is 11.1 Å². The highest BCUT2D eigenvalue weighted by atomic mass is 16.1. The van der Waals surface area contributed by atoms with Crippen LogP contribution in [0.25, 0.3) is 10.8 Å². The largest absolute Gasteiger partial charge is 0.398 e. The molecule has 0 aliphatic heterocycles. The van der Waals surface area contributed by atoms with Crippen LogP contribution in [0, 0.1) is 0 Å². The molecular formula is C15H12N4O. The Morgan fingerprint density at radius 2 is 2.00 bits per heavy atom. The summed E-state index contributed by atoms with van der Waals surface area (Å²) in [6.45, 7) is 0. The highest BCUT2D eigenvalue weighted by molar-refractivity contribution is 6.14. The average molecular weight is 264 g/mol. The first-order chi connectivity index (χ1) is 9.75. The van der Waals surface area contributed by atoms with E-state index >= 15 is 0 Å². The van der Waals surface area contributed by atoms with E-state index in [1.165, 1.54) is 0 Å². The van der Waals surface area contributed by atoms with Crippen molar-refractivity contribution in [3.05, 3.63) is 60.7 Å². The van der Waals surface area contributed by atoms with Crippen molar-refractivity contribution in [2.24, 2.45) is 0 Å². The van der Waals surface area contributed by atoms with E-state index in [2.05, 4.69) is 15.3 Å². The maximum atomic E-state index is 12.3. The Morgan fingerprint density at radius 3 is 2.80 bits per heavy atom. The number of hydrogen-bond donors (Lipinski definition) is 2. The SMILES string of the molecule is Nc1cccc2ccnc(C(=O)Nc3cccnc3)c12. The van der Waals surface area contributed by atoms with Crippen LogP contribution in [-0.4, -0.2) is 15.9 Å². The number of aromatic nitrogens is 2. The van der Waals surface area contributed by atoms with Gasteiger partial charge in [-0.1, -0.05) is 12.1 Å². The van der Waals surface area contributed by atoms with E-state index in [1.807, 2.05) is 18.2 Å². The minimum atomic E-state index is -0.304. The van der Waals surface area contributed by atoms with Crippen molar-refractivity contribution in [2.75, 3.05) is 11.1 Å². The second-order valence-corrected chi connectivity index (χ2v) is 4.30. The summed E-state index contributed by atoms with van der Waals surface area (Å²) in [5, 5.41) is 4.31. The number of nitrogens with two attached hydrogens (primary N) is 1. The molecule has 3 aromatic rings. The van der Waals surface area contributed by atoms with Gasteiger partial charge < -0.3 is 11.1 Å². The summed E-state index contributed by atoms with van der Waals surface area (Å²) in [5.74, 6) is -0.304. The second kappa shape index (κ2) is 4.97. The van der Waals surface area contributed by atoms with Gasteiger partial charge in [-0.05, 0) is 29.7 Å². The van der Waals surface area contributed by atoms with Gasteiger partial charge in [0.05, 0.1) is 11.9 Å². The third-order valence-electron chi connectivity index (χ3n) is 2.96. The number of anilines is 2. The molecule has 0 fully saturated rings. The third-order valence-corrected chi connectivity index (χ3v) is 2.96. The molecule has 3 rings (SSSR count). The zero-order valence-corrected chi connectivity index (χ0v) is 10.6. The molecule has 0 saturated carbocycles. The number of benzene rings is 1. The van der Waals surface area contributed by atoms with Gasteiger partial charge in [-0.15, -0.1) is 0 Å². The molecule has 2 heterocycles. The van der Waals surface area contributed by atoms with E-state index in [1.54, 1.807) is 36.8 Å². The molecule has 0 aliphatic rings. The van der Waals surface area contributed by atoms with Crippen LogP contribution in [0.3, 0.4) is 0 Å². The fourth-order valence-corrected chi connectivity index (χ4v) is 2.06. The molecule has 1 aromatic carbocycles. The normalized spacial score (nSPS) is 10.4. The van der Waals surface area contributed by atoms with E-state index in [0.717, 1.165) is 5.39 Å². The molecule has 0 aliphatic carbocycles. The summed E-state index contributed by atoms with van der Waals surface area (Å²) < 4.78 is 0. The molecule has 3 N–H and O–H groups in total. The van der Waals surface area contributed by atoms with Crippen molar-refractivity contribution >= 4 is 28.1 Å². The van der Waals surface area contributed by atoms with Crippen LogP contribution >= 0.6 is 0 Å². The number of rotatable bonds is 2. The van der Waals surface area contributed by atoms with E-state index in [9.17, 15) is 4.79 Å². The number of hydrogen-bond acceptors (Lipinski definition) is 4. The second-order valence-electron chi connectivity index (χ2n) is 4.30. The fraction of sp³-hybridized carbons (Fsp3) is 0. The first kappa shape index (κ1) is 12.1. The molecule has 1 amide bonds. The highest BCUT2D eigenvalue weighted by Gasteiger charge is 2.13. The van der Waals surface area contributed by atoms with Crippen LogP contribution in [0.4, 0.5) is 11.4 Å². The molecular weight excluding hydrogens is 252 g/mol. The van der Waals surface area contributed by atoms with E-state index in [4.69, 9.17) is 5.73 Å². The van der Waals surface area contributed by atoms with Crippen LogP contribution in [0.5, 0.6) is 0 Å². The van der Waals surface area contributed by atoms with Crippen molar-refractivity contribution in [3.63, 3.8) is 0 Å². The average Bonchev–Trinajstić information content (AvgIpc) is 2.48. The van der Waals surface area contributed by atoms with Crippen molar-refractivity contribution in [3.8, 4) is 0 Å². The quantitative estimate of drug-likeness (QED) is 0.697. The number of nitrogens with zero attached hydrogens (tertiary/aromatic N) is 2. The minimum Gasteiger partial charge on any atom is -0.398 e. The van der Waals surface area contributed by atoms with E-state index in [0.29, 0.717) is 22.5 Å². The van der Waals surface area contributed by atoms with Gasteiger partial charge in [-0.2, -0.15) is 0 Å². The Bertz CT molecular complexity index is 766. The molecule has 0 bridgehead atoms. The Morgan fingerprint density at radius 1 is 1.10 bits per heavy atom. The van der Waals surface area contributed by atoms with Gasteiger partial charge in [0, 0.05) is 23.5 Å². The summed E-state index contributed by atoms with van der Waals surface area (Å²) in [5.41, 5.74) is 7.42. The van der Waals surface area contributed by atoms with Gasteiger partial charge in [0.15, 0.2) is 0 Å². The molecule has 0 radical (unpaired) electrons. The van der Waals surface area contributed by atoms with Gasteiger partial charge in [0.25, 0.3) is 5.91 Å². The molecule has 0 spiro atoms. The van der Waals surface area contributed by atoms with Gasteiger partial charge in [0.1, 0.15) is 5.69 Å².